The van der Waals surface area contributed by atoms with E-state index < -0.39 is 0 Å². The Morgan fingerprint density at radius 2 is 1.81 bits per heavy atom. The lowest BCUT2D eigenvalue weighted by Crippen LogP contribution is -2.44. The Kier molecular flexibility index (Phi) is 4.17. The predicted molar refractivity (Wildman–Crippen MR) is 82.9 cm³/mol. The molecule has 0 radical (unpaired) electrons. The summed E-state index contributed by atoms with van der Waals surface area (Å²) in [5.74, 6) is 3.36. The van der Waals surface area contributed by atoms with Gasteiger partial charge in [0.05, 0.1) is 0 Å². The van der Waals surface area contributed by atoms with Crippen molar-refractivity contribution < 1.29 is 9.90 Å². The van der Waals surface area contributed by atoms with Crippen LogP contribution in [0.2, 0.25) is 0 Å². The summed E-state index contributed by atoms with van der Waals surface area (Å²) in [5.41, 5.74) is 0.0462. The Labute approximate surface area is 128 Å². The average Bonchev–Trinajstić information content (AvgIpc) is 2.87. The van der Waals surface area contributed by atoms with E-state index in [-0.39, 0.29) is 18.1 Å². The van der Waals surface area contributed by atoms with Crippen molar-refractivity contribution in [1.29, 1.82) is 0 Å². The molecule has 3 saturated carbocycles. The van der Waals surface area contributed by atoms with Gasteiger partial charge >= 0.3 is 6.03 Å². The van der Waals surface area contributed by atoms with Crippen molar-refractivity contribution >= 4 is 6.03 Å². The van der Waals surface area contributed by atoms with Crippen molar-refractivity contribution in [2.24, 2.45) is 29.1 Å². The first-order chi connectivity index (χ1) is 10.1. The van der Waals surface area contributed by atoms with Crippen LogP contribution >= 0.6 is 0 Å². The van der Waals surface area contributed by atoms with Gasteiger partial charge in [0.2, 0.25) is 0 Å². The van der Waals surface area contributed by atoms with E-state index in [2.05, 4.69) is 24.5 Å². The normalized spacial score (nSPS) is 36.4. The van der Waals surface area contributed by atoms with Gasteiger partial charge in [-0.05, 0) is 67.6 Å². The Balaban J connectivity index is 1.45. The summed E-state index contributed by atoms with van der Waals surface area (Å²) in [6.07, 6.45) is 6.93. The molecule has 0 saturated heterocycles. The van der Waals surface area contributed by atoms with Crippen LogP contribution in [0.5, 0.6) is 0 Å². The van der Waals surface area contributed by atoms with E-state index in [9.17, 15) is 9.90 Å². The van der Waals surface area contributed by atoms with Gasteiger partial charge in [-0.1, -0.05) is 13.8 Å². The third-order valence-electron chi connectivity index (χ3n) is 6.80. The van der Waals surface area contributed by atoms with Crippen LogP contribution in [0.25, 0.3) is 0 Å². The molecule has 4 nitrogen and oxygen atoms in total. The maximum atomic E-state index is 12.2. The maximum absolute atomic E-state index is 12.2. The summed E-state index contributed by atoms with van der Waals surface area (Å²) in [6, 6.07) is 0.449. The minimum atomic E-state index is -0.00184. The average molecular weight is 294 g/mol. The van der Waals surface area contributed by atoms with Crippen molar-refractivity contribution in [2.45, 2.75) is 58.4 Å². The fourth-order valence-electron chi connectivity index (χ4n) is 5.17. The predicted octanol–water partition coefficient (Wildman–Crippen LogP) is 2.52. The number of urea groups is 1. The molecule has 3 N–H and O–H groups in total. The number of carbonyl (C=O) groups excluding carboxylic acids is 1. The van der Waals surface area contributed by atoms with Gasteiger partial charge in [0.15, 0.2) is 0 Å². The number of aliphatic hydroxyl groups is 1. The second kappa shape index (κ2) is 5.79. The molecule has 2 bridgehead atoms. The summed E-state index contributed by atoms with van der Waals surface area (Å²) in [5, 5.41) is 15.5. The molecule has 3 aliphatic carbocycles. The highest BCUT2D eigenvalue weighted by molar-refractivity contribution is 5.75. The second-order valence-electron chi connectivity index (χ2n) is 7.52. The minimum absolute atomic E-state index is 0.00184. The molecule has 4 heteroatoms. The third kappa shape index (κ3) is 2.67. The van der Waals surface area contributed by atoms with Crippen LogP contribution in [0.4, 0.5) is 4.79 Å². The molecule has 0 aromatic rings. The lowest BCUT2D eigenvalue weighted by atomic mass is 9.79. The molecule has 4 atom stereocenters. The van der Waals surface area contributed by atoms with Crippen LogP contribution in [0.1, 0.15) is 52.4 Å². The van der Waals surface area contributed by atoms with Gasteiger partial charge in [-0.25, -0.2) is 4.79 Å². The largest absolute Gasteiger partial charge is 0.396 e. The quantitative estimate of drug-likeness (QED) is 0.675. The molecule has 21 heavy (non-hydrogen) atoms. The number of rotatable bonds is 7. The van der Waals surface area contributed by atoms with E-state index in [0.29, 0.717) is 12.6 Å². The van der Waals surface area contributed by atoms with Crippen LogP contribution in [0.3, 0.4) is 0 Å². The molecule has 120 valence electrons. The summed E-state index contributed by atoms with van der Waals surface area (Å²) in [7, 11) is 0. The molecule has 0 aromatic carbocycles. The van der Waals surface area contributed by atoms with E-state index in [1.165, 1.54) is 19.3 Å². The SMILES string of the molecule is CCC(CC)(CCO)CNC(=O)NC1C2C3CCC(C3)C12. The number of hydrogen-bond acceptors (Lipinski definition) is 2. The molecule has 2 amide bonds. The van der Waals surface area contributed by atoms with E-state index >= 15 is 0 Å². The lowest BCUT2D eigenvalue weighted by molar-refractivity contribution is 0.163. The highest BCUT2D eigenvalue weighted by Crippen LogP contribution is 2.65. The Morgan fingerprint density at radius 3 is 2.33 bits per heavy atom. The van der Waals surface area contributed by atoms with Crippen LogP contribution < -0.4 is 10.6 Å². The second-order valence-corrected chi connectivity index (χ2v) is 7.52. The van der Waals surface area contributed by atoms with E-state index in [1.807, 2.05) is 0 Å². The monoisotopic (exact) mass is 294 g/mol. The standard InChI is InChI=1S/C17H30N2O2/c1-3-17(4-2,7-8-20)10-18-16(21)19-15-13-11-5-6-12(9-11)14(13)15/h11-15,20H,3-10H2,1-2H3,(H2,18,19,21). The zero-order valence-corrected chi connectivity index (χ0v) is 13.4. The summed E-state index contributed by atoms with van der Waals surface area (Å²) in [6.45, 7) is 5.14. The highest BCUT2D eigenvalue weighted by Gasteiger charge is 2.65. The molecule has 3 aliphatic rings. The van der Waals surface area contributed by atoms with Crippen molar-refractivity contribution in [2.75, 3.05) is 13.2 Å². The van der Waals surface area contributed by atoms with Crippen molar-refractivity contribution in [3.8, 4) is 0 Å². The van der Waals surface area contributed by atoms with Gasteiger partial charge in [-0.15, -0.1) is 0 Å². The lowest BCUT2D eigenvalue weighted by Gasteiger charge is -2.31. The van der Waals surface area contributed by atoms with Crippen LogP contribution in [-0.4, -0.2) is 30.3 Å². The summed E-state index contributed by atoms with van der Waals surface area (Å²) >= 11 is 0. The number of hydrogen-bond donors (Lipinski definition) is 3. The van der Waals surface area contributed by atoms with Crippen LogP contribution in [-0.2, 0) is 0 Å². The first kappa shape index (κ1) is 15.1. The van der Waals surface area contributed by atoms with Gasteiger partial charge in [-0.2, -0.15) is 0 Å². The summed E-state index contributed by atoms with van der Waals surface area (Å²) in [4.78, 5) is 12.2. The number of aliphatic hydroxyl groups excluding tert-OH is 1. The van der Waals surface area contributed by atoms with Crippen LogP contribution in [0, 0.1) is 29.1 Å². The first-order valence-corrected chi connectivity index (χ1v) is 8.79. The number of fused-ring (bicyclic) bond motifs is 5. The fraction of sp³-hybridized carbons (Fsp3) is 0.941. The van der Waals surface area contributed by atoms with Crippen molar-refractivity contribution in [1.82, 2.24) is 10.6 Å². The van der Waals surface area contributed by atoms with Gasteiger partial charge in [0.1, 0.15) is 0 Å². The minimum Gasteiger partial charge on any atom is -0.396 e. The first-order valence-electron chi connectivity index (χ1n) is 8.79. The molecular formula is C17H30N2O2. The zero-order valence-electron chi connectivity index (χ0n) is 13.4. The molecule has 3 rings (SSSR count). The molecule has 0 heterocycles. The Morgan fingerprint density at radius 1 is 1.19 bits per heavy atom. The molecule has 0 aromatic heterocycles. The Hall–Kier alpha value is -0.770. The van der Waals surface area contributed by atoms with E-state index in [0.717, 1.165) is 42.9 Å². The van der Waals surface area contributed by atoms with Gasteiger partial charge < -0.3 is 15.7 Å². The van der Waals surface area contributed by atoms with Crippen molar-refractivity contribution in [3.05, 3.63) is 0 Å². The molecule has 0 spiro atoms. The fourth-order valence-corrected chi connectivity index (χ4v) is 5.17. The van der Waals surface area contributed by atoms with Gasteiger partial charge in [-0.3, -0.25) is 0 Å². The molecule has 3 fully saturated rings. The maximum Gasteiger partial charge on any atom is 0.315 e. The van der Waals surface area contributed by atoms with E-state index in [1.54, 1.807) is 0 Å². The topological polar surface area (TPSA) is 61.4 Å². The number of amides is 2. The Bertz CT molecular complexity index is 378. The molecular weight excluding hydrogens is 264 g/mol. The third-order valence-corrected chi connectivity index (χ3v) is 6.80. The zero-order chi connectivity index (χ0) is 15.0. The molecule has 0 aliphatic heterocycles. The highest BCUT2D eigenvalue weighted by atomic mass is 16.3. The van der Waals surface area contributed by atoms with Gasteiger partial charge in [0, 0.05) is 19.2 Å². The summed E-state index contributed by atoms with van der Waals surface area (Å²) < 4.78 is 0. The smallest absolute Gasteiger partial charge is 0.315 e. The van der Waals surface area contributed by atoms with E-state index in [4.69, 9.17) is 0 Å². The van der Waals surface area contributed by atoms with Crippen LogP contribution in [0.15, 0.2) is 0 Å². The molecule has 4 unspecified atom stereocenters. The van der Waals surface area contributed by atoms with Gasteiger partial charge in [0.25, 0.3) is 0 Å². The number of carbonyl (C=O) groups is 1. The number of nitrogens with one attached hydrogen (secondary N) is 2. The van der Waals surface area contributed by atoms with Crippen molar-refractivity contribution in [3.63, 3.8) is 0 Å².